The highest BCUT2D eigenvalue weighted by molar-refractivity contribution is 5.91. The van der Waals surface area contributed by atoms with Gasteiger partial charge in [-0.3, -0.25) is 4.79 Å². The highest BCUT2D eigenvalue weighted by Crippen LogP contribution is 2.37. The third-order valence-electron chi connectivity index (χ3n) is 4.09. The Kier molecular flexibility index (Phi) is 5.62. The second kappa shape index (κ2) is 7.20. The molecule has 1 aliphatic heterocycles. The number of piperazine rings is 1. The van der Waals surface area contributed by atoms with Gasteiger partial charge in [0.1, 0.15) is 26.2 Å². The molecule has 0 unspecified atom stereocenters. The average molecular weight is 371 g/mol. The Hall–Kier alpha value is -1.81. The van der Waals surface area contributed by atoms with Crippen molar-refractivity contribution in [3.63, 3.8) is 0 Å². The van der Waals surface area contributed by atoms with Gasteiger partial charge in [0.05, 0.1) is 18.2 Å². The van der Waals surface area contributed by atoms with E-state index in [2.05, 4.69) is 5.32 Å². The van der Waals surface area contributed by atoms with Crippen LogP contribution in [0.3, 0.4) is 0 Å². The number of carbonyl (C=O) groups excluding carboxylic acids is 1. The van der Waals surface area contributed by atoms with Gasteiger partial charge < -0.3 is 15.1 Å². The summed E-state index contributed by atoms with van der Waals surface area (Å²) < 4.78 is 76.8. The van der Waals surface area contributed by atoms with E-state index in [1.165, 1.54) is 4.90 Å². The maximum Gasteiger partial charge on any atom is 0.416 e. The van der Waals surface area contributed by atoms with Crippen molar-refractivity contribution in [2.24, 2.45) is 0 Å². The van der Waals surface area contributed by atoms with Crippen LogP contribution in [0, 0.1) is 0 Å². The molecule has 1 saturated heterocycles. The summed E-state index contributed by atoms with van der Waals surface area (Å²) in [6.07, 6.45) is -9.88. The summed E-state index contributed by atoms with van der Waals surface area (Å²) in [5, 5.41) is 2.16. The highest BCUT2D eigenvalue weighted by Gasteiger charge is 2.37. The van der Waals surface area contributed by atoms with Crippen molar-refractivity contribution in [1.82, 2.24) is 0 Å². The van der Waals surface area contributed by atoms with Crippen LogP contribution in [0.25, 0.3) is 0 Å². The Morgan fingerprint density at radius 3 is 1.88 bits per heavy atom. The van der Waals surface area contributed by atoms with Gasteiger partial charge in [0.25, 0.3) is 5.91 Å². The quantitative estimate of drug-likeness (QED) is 0.647. The van der Waals surface area contributed by atoms with Crippen LogP contribution in [0.2, 0.25) is 0 Å². The van der Waals surface area contributed by atoms with Crippen molar-refractivity contribution >= 4 is 11.6 Å². The van der Waals surface area contributed by atoms with Gasteiger partial charge in [-0.2, -0.15) is 26.3 Å². The Labute approximate surface area is 140 Å². The number of rotatable bonds is 3. The number of hydrogen-bond acceptors (Lipinski definition) is 1. The third-order valence-corrected chi connectivity index (χ3v) is 4.09. The summed E-state index contributed by atoms with van der Waals surface area (Å²) in [6, 6.07) is 1.05. The number of likely N-dealkylation sites (N-methyl/N-ethyl adjacent to an activating group) is 1. The molecule has 140 valence electrons. The van der Waals surface area contributed by atoms with E-state index < -0.39 is 35.1 Å². The van der Waals surface area contributed by atoms with Crippen molar-refractivity contribution in [3.05, 3.63) is 29.3 Å². The zero-order valence-electron chi connectivity index (χ0n) is 13.4. The number of anilines is 1. The minimum absolute atomic E-state index is 0.00484. The van der Waals surface area contributed by atoms with Crippen molar-refractivity contribution < 1.29 is 40.9 Å². The number of benzene rings is 1. The molecule has 1 aliphatic rings. The van der Waals surface area contributed by atoms with E-state index in [9.17, 15) is 31.1 Å². The molecule has 1 heterocycles. The number of alkyl halides is 6. The molecular weight excluding hydrogens is 352 g/mol. The number of carbonyl (C=O) groups is 1. The fourth-order valence-electron chi connectivity index (χ4n) is 2.67. The van der Waals surface area contributed by atoms with Gasteiger partial charge in [0, 0.05) is 5.69 Å². The summed E-state index contributed by atoms with van der Waals surface area (Å²) in [6.45, 7) is 3.14. The average Bonchev–Trinajstić information content (AvgIpc) is 2.47. The molecule has 0 aliphatic carbocycles. The molecule has 0 atom stereocenters. The molecule has 1 aromatic carbocycles. The fourth-order valence-corrected chi connectivity index (χ4v) is 2.67. The molecule has 10 heteroatoms. The molecule has 1 fully saturated rings. The lowest BCUT2D eigenvalue weighted by Gasteiger charge is -2.26. The van der Waals surface area contributed by atoms with E-state index in [1.54, 1.807) is 0 Å². The summed E-state index contributed by atoms with van der Waals surface area (Å²) in [7, 11) is 2.01. The molecule has 0 radical (unpaired) electrons. The van der Waals surface area contributed by atoms with Crippen LogP contribution in [0.1, 0.15) is 11.1 Å². The first-order chi connectivity index (χ1) is 11.4. The molecular formula is C15H19F6N3O+2. The molecule has 0 aromatic heterocycles. The van der Waals surface area contributed by atoms with E-state index in [-0.39, 0.29) is 12.6 Å². The predicted octanol–water partition coefficient (Wildman–Crippen LogP) is 0.0759. The number of amides is 1. The first-order valence-electron chi connectivity index (χ1n) is 7.69. The van der Waals surface area contributed by atoms with Gasteiger partial charge in [-0.05, 0) is 18.2 Å². The zero-order valence-corrected chi connectivity index (χ0v) is 13.4. The number of quaternary nitrogens is 2. The highest BCUT2D eigenvalue weighted by atomic mass is 19.4. The largest absolute Gasteiger partial charge is 0.416 e. The van der Waals surface area contributed by atoms with Gasteiger partial charge in [0.2, 0.25) is 0 Å². The summed E-state index contributed by atoms with van der Waals surface area (Å²) in [4.78, 5) is 14.2. The van der Waals surface area contributed by atoms with Crippen molar-refractivity contribution in [3.8, 4) is 0 Å². The van der Waals surface area contributed by atoms with Crippen molar-refractivity contribution in [2.45, 2.75) is 12.4 Å². The summed E-state index contributed by atoms with van der Waals surface area (Å²) in [5.41, 5.74) is -3.41. The molecule has 0 saturated carbocycles. The van der Waals surface area contributed by atoms with Crippen LogP contribution in [0.15, 0.2) is 18.2 Å². The van der Waals surface area contributed by atoms with Gasteiger partial charge in [-0.1, -0.05) is 0 Å². The second-order valence-corrected chi connectivity index (χ2v) is 6.23. The van der Waals surface area contributed by atoms with E-state index >= 15 is 0 Å². The van der Waals surface area contributed by atoms with Gasteiger partial charge >= 0.3 is 12.4 Å². The van der Waals surface area contributed by atoms with Crippen LogP contribution >= 0.6 is 0 Å². The van der Waals surface area contributed by atoms with Gasteiger partial charge in [-0.25, -0.2) is 0 Å². The molecule has 4 nitrogen and oxygen atoms in total. The maximum atomic E-state index is 12.8. The van der Waals surface area contributed by atoms with E-state index in [0.29, 0.717) is 12.1 Å². The van der Waals surface area contributed by atoms with Crippen molar-refractivity contribution in [1.29, 1.82) is 0 Å². The number of hydrogen-bond donors (Lipinski definition) is 3. The number of nitrogens with one attached hydrogen (secondary N) is 3. The predicted molar refractivity (Wildman–Crippen MR) is 77.3 cm³/mol. The van der Waals surface area contributed by atoms with Gasteiger partial charge in [-0.15, -0.1) is 0 Å². The molecule has 3 N–H and O–H groups in total. The lowest BCUT2D eigenvalue weighted by atomic mass is 10.1. The Morgan fingerprint density at radius 1 is 0.960 bits per heavy atom. The monoisotopic (exact) mass is 371 g/mol. The first-order valence-corrected chi connectivity index (χ1v) is 7.69. The molecule has 1 aromatic rings. The van der Waals surface area contributed by atoms with Crippen LogP contribution in [0.5, 0.6) is 0 Å². The number of halogens is 6. The maximum absolute atomic E-state index is 12.8. The molecule has 0 spiro atoms. The van der Waals surface area contributed by atoms with E-state index in [0.717, 1.165) is 31.1 Å². The van der Waals surface area contributed by atoms with E-state index in [1.807, 2.05) is 7.05 Å². The molecule has 1 amide bonds. The normalized spacial score (nSPS) is 21.9. The SMILES string of the molecule is C[NH+]1CC[NH+](CC(=O)Nc2cc(C(F)(F)F)cc(C(F)(F)F)c2)CC1. The third kappa shape index (κ3) is 5.60. The Morgan fingerprint density at radius 2 is 1.44 bits per heavy atom. The van der Waals surface area contributed by atoms with Crippen LogP contribution in [0.4, 0.5) is 32.0 Å². The molecule has 0 bridgehead atoms. The second-order valence-electron chi connectivity index (χ2n) is 6.23. The minimum atomic E-state index is -4.94. The Balaban J connectivity index is 2.13. The topological polar surface area (TPSA) is 38.0 Å². The zero-order chi connectivity index (χ0) is 18.8. The molecule has 2 rings (SSSR count). The summed E-state index contributed by atoms with van der Waals surface area (Å²) >= 11 is 0. The van der Waals surface area contributed by atoms with Crippen LogP contribution in [-0.4, -0.2) is 45.7 Å². The standard InChI is InChI=1S/C15H17F6N3O/c1-23-2-4-24(5-3-23)9-13(25)22-12-7-10(14(16,17)18)6-11(8-12)15(19,20)21/h6-8H,2-5,9H2,1H3,(H,22,25)/p+2. The van der Waals surface area contributed by atoms with Crippen molar-refractivity contribution in [2.75, 3.05) is 45.1 Å². The summed E-state index contributed by atoms with van der Waals surface area (Å²) in [5.74, 6) is -0.609. The molecule has 25 heavy (non-hydrogen) atoms. The van der Waals surface area contributed by atoms with E-state index in [4.69, 9.17) is 0 Å². The fraction of sp³-hybridized carbons (Fsp3) is 0.533. The van der Waals surface area contributed by atoms with Gasteiger partial charge in [0.15, 0.2) is 6.54 Å². The Bertz CT molecular complexity index is 588. The van der Waals surface area contributed by atoms with Crippen LogP contribution in [-0.2, 0) is 17.1 Å². The smallest absolute Gasteiger partial charge is 0.328 e. The minimum Gasteiger partial charge on any atom is -0.328 e. The van der Waals surface area contributed by atoms with Crippen LogP contribution < -0.4 is 15.1 Å². The lowest BCUT2D eigenvalue weighted by Crippen LogP contribution is -3.27. The lowest BCUT2D eigenvalue weighted by molar-refractivity contribution is -0.999. The first kappa shape index (κ1) is 19.5.